The summed E-state index contributed by atoms with van der Waals surface area (Å²) in [5, 5.41) is 6.76. The molecule has 1 aliphatic rings. The number of hydrogen-bond acceptors (Lipinski definition) is 4. The fraction of sp³-hybridized carbons (Fsp3) is 0.222. The van der Waals surface area contributed by atoms with Crippen LogP contribution >= 0.6 is 0 Å². The maximum absolute atomic E-state index is 14.1. The Morgan fingerprint density at radius 1 is 1.21 bits per heavy atom. The molecule has 0 atom stereocenters. The molecule has 2 N–H and O–H groups in total. The highest BCUT2D eigenvalue weighted by molar-refractivity contribution is 6.39. The number of amides is 1. The van der Waals surface area contributed by atoms with E-state index in [1.807, 2.05) is 30.3 Å². The number of piperidine rings is 1. The first-order valence-corrected chi connectivity index (χ1v) is 7.79. The van der Waals surface area contributed by atoms with E-state index in [2.05, 4.69) is 15.8 Å². The van der Waals surface area contributed by atoms with Gasteiger partial charge >= 0.3 is 0 Å². The SMILES string of the molecule is O=C1NCCC/C1=N/Nc1ccc(OCc2ccccc2)c(F)c1. The third-order valence-electron chi connectivity index (χ3n) is 3.63. The highest BCUT2D eigenvalue weighted by Crippen LogP contribution is 2.22. The number of ether oxygens (including phenoxy) is 1. The molecule has 0 saturated carbocycles. The summed E-state index contributed by atoms with van der Waals surface area (Å²) < 4.78 is 19.6. The van der Waals surface area contributed by atoms with Gasteiger partial charge in [-0.25, -0.2) is 4.39 Å². The van der Waals surface area contributed by atoms with Gasteiger partial charge in [0.15, 0.2) is 11.6 Å². The molecule has 0 radical (unpaired) electrons. The minimum Gasteiger partial charge on any atom is -0.486 e. The van der Waals surface area contributed by atoms with Crippen LogP contribution in [0.3, 0.4) is 0 Å². The molecule has 3 rings (SSSR count). The van der Waals surface area contributed by atoms with Crippen LogP contribution in [0.1, 0.15) is 18.4 Å². The molecule has 0 bridgehead atoms. The fourth-order valence-electron chi connectivity index (χ4n) is 2.33. The highest BCUT2D eigenvalue weighted by Gasteiger charge is 2.15. The molecule has 0 unspecified atom stereocenters. The van der Waals surface area contributed by atoms with Gasteiger partial charge in [0.1, 0.15) is 12.3 Å². The second kappa shape index (κ2) is 7.59. The Labute approximate surface area is 139 Å². The average molecular weight is 327 g/mol. The minimum atomic E-state index is -0.482. The number of hydrogen-bond donors (Lipinski definition) is 2. The first kappa shape index (κ1) is 16.0. The van der Waals surface area contributed by atoms with Crippen molar-refractivity contribution >= 4 is 17.3 Å². The van der Waals surface area contributed by atoms with Crippen molar-refractivity contribution in [1.82, 2.24) is 5.32 Å². The Hall–Kier alpha value is -2.89. The summed E-state index contributed by atoms with van der Waals surface area (Å²) >= 11 is 0. The average Bonchev–Trinajstić information content (AvgIpc) is 2.61. The van der Waals surface area contributed by atoms with Gasteiger partial charge in [0, 0.05) is 12.6 Å². The number of rotatable bonds is 5. The predicted molar refractivity (Wildman–Crippen MR) is 90.5 cm³/mol. The van der Waals surface area contributed by atoms with Crippen molar-refractivity contribution in [3.63, 3.8) is 0 Å². The van der Waals surface area contributed by atoms with Gasteiger partial charge in [-0.15, -0.1) is 0 Å². The van der Waals surface area contributed by atoms with Crippen LogP contribution in [-0.2, 0) is 11.4 Å². The second-order valence-corrected chi connectivity index (χ2v) is 5.45. The summed E-state index contributed by atoms with van der Waals surface area (Å²) in [6, 6.07) is 14.1. The number of benzene rings is 2. The zero-order chi connectivity index (χ0) is 16.8. The molecule has 124 valence electrons. The Morgan fingerprint density at radius 2 is 2.04 bits per heavy atom. The topological polar surface area (TPSA) is 62.7 Å². The molecule has 0 aromatic heterocycles. The third-order valence-corrected chi connectivity index (χ3v) is 3.63. The normalized spacial score (nSPS) is 15.9. The monoisotopic (exact) mass is 327 g/mol. The lowest BCUT2D eigenvalue weighted by atomic mass is 10.1. The zero-order valence-electron chi connectivity index (χ0n) is 13.1. The molecule has 1 amide bonds. The van der Waals surface area contributed by atoms with Gasteiger partial charge in [-0.05, 0) is 30.5 Å². The van der Waals surface area contributed by atoms with Gasteiger partial charge in [-0.1, -0.05) is 30.3 Å². The zero-order valence-corrected chi connectivity index (χ0v) is 13.1. The number of nitrogens with zero attached hydrogens (tertiary/aromatic N) is 1. The summed E-state index contributed by atoms with van der Waals surface area (Å²) in [5.41, 5.74) is 4.57. The Morgan fingerprint density at radius 3 is 2.79 bits per heavy atom. The van der Waals surface area contributed by atoms with Crippen molar-refractivity contribution < 1.29 is 13.9 Å². The van der Waals surface area contributed by atoms with Gasteiger partial charge in [0.25, 0.3) is 5.91 Å². The van der Waals surface area contributed by atoms with Gasteiger partial charge in [0.05, 0.1) is 5.69 Å². The van der Waals surface area contributed by atoms with E-state index >= 15 is 0 Å². The standard InChI is InChI=1S/C18H18FN3O2/c19-15-11-14(21-22-16-7-4-10-20-18(16)23)8-9-17(15)24-12-13-5-2-1-3-6-13/h1-3,5-6,8-9,11,21H,4,7,10,12H2,(H,20,23)/b22-16-. The van der Waals surface area contributed by atoms with Crippen LogP contribution < -0.4 is 15.5 Å². The number of hydrazone groups is 1. The number of carbonyl (C=O) groups excluding carboxylic acids is 1. The van der Waals surface area contributed by atoms with Gasteiger partial charge < -0.3 is 10.1 Å². The molecule has 24 heavy (non-hydrogen) atoms. The smallest absolute Gasteiger partial charge is 0.267 e. The maximum atomic E-state index is 14.1. The quantitative estimate of drug-likeness (QED) is 0.830. The lowest BCUT2D eigenvalue weighted by Crippen LogP contribution is -2.37. The molecule has 6 heteroatoms. The first-order valence-electron chi connectivity index (χ1n) is 7.79. The van der Waals surface area contributed by atoms with E-state index in [0.29, 0.717) is 31.0 Å². The van der Waals surface area contributed by atoms with Crippen LogP contribution in [0.15, 0.2) is 53.6 Å². The van der Waals surface area contributed by atoms with E-state index in [4.69, 9.17) is 4.74 Å². The second-order valence-electron chi connectivity index (χ2n) is 5.45. The Kier molecular flexibility index (Phi) is 5.05. The molecule has 1 heterocycles. The highest BCUT2D eigenvalue weighted by atomic mass is 19.1. The van der Waals surface area contributed by atoms with Crippen molar-refractivity contribution in [3.8, 4) is 5.75 Å². The summed E-state index contributed by atoms with van der Waals surface area (Å²) in [5.74, 6) is -0.492. The third kappa shape index (κ3) is 4.10. The Bertz CT molecular complexity index is 747. The number of carbonyl (C=O) groups is 1. The number of nitrogens with one attached hydrogen (secondary N) is 2. The van der Waals surface area contributed by atoms with E-state index in [9.17, 15) is 9.18 Å². The summed E-state index contributed by atoms with van der Waals surface area (Å²) in [7, 11) is 0. The molecule has 2 aromatic rings. The van der Waals surface area contributed by atoms with Crippen molar-refractivity contribution in [3.05, 3.63) is 59.9 Å². The Balaban J connectivity index is 1.62. The van der Waals surface area contributed by atoms with Gasteiger partial charge in [-0.3, -0.25) is 10.2 Å². The molecule has 1 fully saturated rings. The number of halogens is 1. The van der Waals surface area contributed by atoms with E-state index in [1.54, 1.807) is 12.1 Å². The maximum Gasteiger partial charge on any atom is 0.267 e. The first-order chi connectivity index (χ1) is 11.7. The lowest BCUT2D eigenvalue weighted by Gasteiger charge is -2.14. The van der Waals surface area contributed by atoms with Crippen LogP contribution in [0.4, 0.5) is 10.1 Å². The van der Waals surface area contributed by atoms with Gasteiger partial charge in [-0.2, -0.15) is 5.10 Å². The minimum absolute atomic E-state index is 0.174. The van der Waals surface area contributed by atoms with Crippen LogP contribution in [0, 0.1) is 5.82 Å². The lowest BCUT2D eigenvalue weighted by molar-refractivity contribution is -0.115. The van der Waals surface area contributed by atoms with E-state index in [-0.39, 0.29) is 11.7 Å². The molecule has 5 nitrogen and oxygen atoms in total. The van der Waals surface area contributed by atoms with Crippen LogP contribution in [0.5, 0.6) is 5.75 Å². The van der Waals surface area contributed by atoms with Crippen molar-refractivity contribution in [2.45, 2.75) is 19.4 Å². The summed E-state index contributed by atoms with van der Waals surface area (Å²) in [6.45, 7) is 0.965. The van der Waals surface area contributed by atoms with Crippen LogP contribution in [-0.4, -0.2) is 18.2 Å². The van der Waals surface area contributed by atoms with Crippen molar-refractivity contribution in [1.29, 1.82) is 0 Å². The summed E-state index contributed by atoms with van der Waals surface area (Å²) in [6.07, 6.45) is 1.46. The van der Waals surface area contributed by atoms with E-state index < -0.39 is 5.82 Å². The van der Waals surface area contributed by atoms with E-state index in [1.165, 1.54) is 6.07 Å². The van der Waals surface area contributed by atoms with Gasteiger partial charge in [0.2, 0.25) is 0 Å². The number of anilines is 1. The molecular formula is C18H18FN3O2. The summed E-state index contributed by atoms with van der Waals surface area (Å²) in [4.78, 5) is 11.6. The fourth-order valence-corrected chi connectivity index (χ4v) is 2.33. The van der Waals surface area contributed by atoms with Crippen molar-refractivity contribution in [2.24, 2.45) is 5.10 Å². The van der Waals surface area contributed by atoms with Crippen LogP contribution in [0.2, 0.25) is 0 Å². The van der Waals surface area contributed by atoms with E-state index in [0.717, 1.165) is 12.0 Å². The molecule has 1 saturated heterocycles. The predicted octanol–water partition coefficient (Wildman–Crippen LogP) is 3.08. The van der Waals surface area contributed by atoms with Crippen molar-refractivity contribution in [2.75, 3.05) is 12.0 Å². The van der Waals surface area contributed by atoms with Crippen LogP contribution in [0.25, 0.3) is 0 Å². The molecule has 0 aliphatic carbocycles. The molecule has 0 spiro atoms. The molecular weight excluding hydrogens is 309 g/mol. The molecule has 2 aromatic carbocycles. The largest absolute Gasteiger partial charge is 0.486 e. The molecule has 1 aliphatic heterocycles.